The zero-order valence-electron chi connectivity index (χ0n) is 16.4. The molecule has 1 saturated heterocycles. The van der Waals surface area contributed by atoms with Gasteiger partial charge in [0.05, 0.1) is 17.0 Å². The molecule has 1 atom stereocenters. The van der Waals surface area contributed by atoms with Crippen molar-refractivity contribution in [1.29, 1.82) is 0 Å². The summed E-state index contributed by atoms with van der Waals surface area (Å²) >= 11 is 4.67. The zero-order chi connectivity index (χ0) is 23.0. The van der Waals surface area contributed by atoms with Crippen molar-refractivity contribution in [3.8, 4) is 5.75 Å². The molecule has 172 valence electrons. The molecule has 4 rings (SSSR count). The van der Waals surface area contributed by atoms with E-state index in [4.69, 9.17) is 4.74 Å². The number of alkyl halides is 3. The molecule has 12 heteroatoms. The fourth-order valence-corrected chi connectivity index (χ4v) is 5.82. The van der Waals surface area contributed by atoms with E-state index >= 15 is 0 Å². The molecule has 1 fully saturated rings. The number of benzene rings is 2. The van der Waals surface area contributed by atoms with Crippen LogP contribution in [0.3, 0.4) is 0 Å². The van der Waals surface area contributed by atoms with E-state index in [1.165, 1.54) is 12.1 Å². The number of anilines is 1. The zero-order valence-corrected chi connectivity index (χ0v) is 20.4. The molecule has 1 amide bonds. The molecule has 0 aromatic heterocycles. The van der Waals surface area contributed by atoms with Crippen LogP contribution in [0, 0.1) is 0 Å². The van der Waals surface area contributed by atoms with Crippen LogP contribution in [-0.4, -0.2) is 40.4 Å². The molecule has 0 radical (unpaired) electrons. The van der Waals surface area contributed by atoms with Gasteiger partial charge in [0, 0.05) is 45.8 Å². The molecule has 2 aromatic rings. The average Bonchev–Trinajstić information content (AvgIpc) is 2.72. The standard InChI is InChI=1S/C20H17Br2F3N2O4S/c21-13-1-3-16-12(9-13)11-30-19(28)27(16)15-5-7-26(8-6-15)32(29)18-4-2-14(22)10-17(18)31-20(23,24)25/h1-4,9-10,15H,5-8,11H2. The first kappa shape index (κ1) is 23.7. The van der Waals surface area contributed by atoms with Crippen LogP contribution in [-0.2, 0) is 22.7 Å². The van der Waals surface area contributed by atoms with Gasteiger partial charge in [0.2, 0.25) is 4.90 Å². The number of amides is 1. The van der Waals surface area contributed by atoms with E-state index in [0.717, 1.165) is 21.8 Å². The van der Waals surface area contributed by atoms with Crippen molar-refractivity contribution in [2.45, 2.75) is 36.7 Å². The first-order valence-electron chi connectivity index (χ1n) is 9.59. The number of ether oxygens (including phenoxy) is 2. The number of piperidine rings is 1. The van der Waals surface area contributed by atoms with Crippen LogP contribution in [0.25, 0.3) is 0 Å². The second kappa shape index (κ2) is 9.41. The summed E-state index contributed by atoms with van der Waals surface area (Å²) in [4.78, 5) is 14.0. The minimum Gasteiger partial charge on any atom is -0.593 e. The highest BCUT2D eigenvalue weighted by molar-refractivity contribution is 9.10. The maximum absolute atomic E-state index is 13.1. The van der Waals surface area contributed by atoms with E-state index in [-0.39, 0.29) is 17.5 Å². The molecule has 2 aliphatic rings. The van der Waals surface area contributed by atoms with E-state index in [1.807, 2.05) is 18.2 Å². The molecular weight excluding hydrogens is 581 g/mol. The van der Waals surface area contributed by atoms with Crippen molar-refractivity contribution in [3.63, 3.8) is 0 Å². The average molecular weight is 598 g/mol. The number of nitrogens with zero attached hydrogens (tertiary/aromatic N) is 2. The maximum Gasteiger partial charge on any atom is 0.573 e. The van der Waals surface area contributed by atoms with Crippen molar-refractivity contribution >= 4 is 55.0 Å². The Hall–Kier alpha value is -1.47. The predicted octanol–water partition coefficient (Wildman–Crippen LogP) is 5.75. The van der Waals surface area contributed by atoms with Gasteiger partial charge in [0.15, 0.2) is 5.75 Å². The number of carbonyl (C=O) groups excluding carboxylic acids is 1. The molecule has 2 heterocycles. The van der Waals surface area contributed by atoms with Gasteiger partial charge in [0.25, 0.3) is 0 Å². The van der Waals surface area contributed by atoms with Gasteiger partial charge in [-0.1, -0.05) is 31.9 Å². The van der Waals surface area contributed by atoms with Gasteiger partial charge in [-0.25, -0.2) is 4.79 Å². The summed E-state index contributed by atoms with van der Waals surface area (Å²) in [5, 5.41) is 0. The third-order valence-electron chi connectivity index (χ3n) is 5.19. The molecule has 0 N–H and O–H groups in total. The second-order valence-electron chi connectivity index (χ2n) is 7.25. The summed E-state index contributed by atoms with van der Waals surface area (Å²) < 4.78 is 63.7. The van der Waals surface area contributed by atoms with Crippen LogP contribution in [0.4, 0.5) is 23.7 Å². The Morgan fingerprint density at radius 3 is 2.44 bits per heavy atom. The number of rotatable bonds is 4. The summed E-state index contributed by atoms with van der Waals surface area (Å²) in [6.45, 7) is 0.849. The minimum atomic E-state index is -4.90. The van der Waals surface area contributed by atoms with Crippen molar-refractivity contribution in [2.75, 3.05) is 18.0 Å². The fourth-order valence-electron chi connectivity index (χ4n) is 3.79. The lowest BCUT2D eigenvalue weighted by atomic mass is 10.0. The number of halogens is 5. The number of hydrogen-bond donors (Lipinski definition) is 0. The lowest BCUT2D eigenvalue weighted by Gasteiger charge is -2.39. The molecule has 0 saturated carbocycles. The van der Waals surface area contributed by atoms with Gasteiger partial charge >= 0.3 is 12.5 Å². The van der Waals surface area contributed by atoms with E-state index in [9.17, 15) is 22.5 Å². The molecule has 32 heavy (non-hydrogen) atoms. The largest absolute Gasteiger partial charge is 0.593 e. The van der Waals surface area contributed by atoms with Gasteiger partial charge in [-0.2, -0.15) is 0 Å². The van der Waals surface area contributed by atoms with Crippen LogP contribution < -0.4 is 9.64 Å². The smallest absolute Gasteiger partial charge is 0.573 e. The van der Waals surface area contributed by atoms with Crippen LogP contribution in [0.1, 0.15) is 18.4 Å². The third-order valence-corrected chi connectivity index (χ3v) is 7.73. The first-order chi connectivity index (χ1) is 15.1. The highest BCUT2D eigenvalue weighted by atomic mass is 79.9. The van der Waals surface area contributed by atoms with Gasteiger partial charge in [-0.05, 0) is 37.1 Å². The monoisotopic (exact) mass is 596 g/mol. The van der Waals surface area contributed by atoms with E-state index in [0.29, 0.717) is 30.4 Å². The fraction of sp³-hybridized carbons (Fsp3) is 0.350. The maximum atomic E-state index is 13.1. The first-order valence-corrected chi connectivity index (χ1v) is 12.3. The van der Waals surface area contributed by atoms with E-state index in [2.05, 4.69) is 36.6 Å². The predicted molar refractivity (Wildman–Crippen MR) is 119 cm³/mol. The van der Waals surface area contributed by atoms with Gasteiger partial charge < -0.3 is 14.0 Å². The van der Waals surface area contributed by atoms with Crippen LogP contribution in [0.5, 0.6) is 5.75 Å². The van der Waals surface area contributed by atoms with E-state index < -0.39 is 29.6 Å². The Bertz CT molecular complexity index is 1020. The summed E-state index contributed by atoms with van der Waals surface area (Å²) in [7, 11) is 0. The topological polar surface area (TPSA) is 65.1 Å². The van der Waals surface area contributed by atoms with E-state index in [1.54, 1.807) is 9.21 Å². The number of cyclic esters (lactones) is 1. The lowest BCUT2D eigenvalue weighted by Crippen LogP contribution is -2.50. The summed E-state index contributed by atoms with van der Waals surface area (Å²) in [5.41, 5.74) is 1.66. The molecule has 1 unspecified atom stereocenters. The lowest BCUT2D eigenvalue weighted by molar-refractivity contribution is -0.275. The van der Waals surface area contributed by atoms with Crippen molar-refractivity contribution in [2.24, 2.45) is 0 Å². The Balaban J connectivity index is 1.49. The number of carbonyl (C=O) groups is 1. The highest BCUT2D eigenvalue weighted by Gasteiger charge is 2.39. The number of hydrogen-bond acceptors (Lipinski definition) is 5. The quantitative estimate of drug-likeness (QED) is 0.420. The molecular formula is C20H17Br2F3N2O4S. The second-order valence-corrected chi connectivity index (χ2v) is 10.5. The molecule has 0 spiro atoms. The van der Waals surface area contributed by atoms with Crippen molar-refractivity contribution in [3.05, 3.63) is 50.9 Å². The Kier molecular flexibility index (Phi) is 6.97. The van der Waals surface area contributed by atoms with Crippen molar-refractivity contribution < 1.29 is 32.0 Å². The molecule has 0 aliphatic carbocycles. The Labute approximate surface area is 202 Å². The minimum absolute atomic E-state index is 0.0587. The number of fused-ring (bicyclic) bond motifs is 1. The molecule has 2 aliphatic heterocycles. The van der Waals surface area contributed by atoms with Gasteiger partial charge in [-0.3, -0.25) is 4.90 Å². The van der Waals surface area contributed by atoms with Crippen LogP contribution in [0.2, 0.25) is 0 Å². The summed E-state index contributed by atoms with van der Waals surface area (Å²) in [6, 6.07) is 9.44. The van der Waals surface area contributed by atoms with Crippen LogP contribution in [0.15, 0.2) is 50.2 Å². The molecule has 2 aromatic carbocycles. The third kappa shape index (κ3) is 5.19. The summed E-state index contributed by atoms with van der Waals surface area (Å²) in [6.07, 6.45) is -4.36. The molecule has 0 bridgehead atoms. The summed E-state index contributed by atoms with van der Waals surface area (Å²) in [5.74, 6) is -0.508. The highest BCUT2D eigenvalue weighted by Crippen LogP contribution is 2.37. The normalized spacial score (nSPS) is 18.8. The van der Waals surface area contributed by atoms with Gasteiger partial charge in [-0.15, -0.1) is 17.5 Å². The SMILES string of the molecule is O=C1OCc2cc(Br)ccc2N1C1CCN([S+]([O-])c2ccc(Br)cc2OC(F)(F)F)CC1. The Morgan fingerprint density at radius 2 is 1.75 bits per heavy atom. The van der Waals surface area contributed by atoms with Crippen molar-refractivity contribution in [1.82, 2.24) is 4.31 Å². The molecule has 6 nitrogen and oxygen atoms in total. The van der Waals surface area contributed by atoms with Crippen LogP contribution >= 0.6 is 31.9 Å². The Morgan fingerprint density at radius 1 is 1.09 bits per heavy atom. The van der Waals surface area contributed by atoms with Gasteiger partial charge in [0.1, 0.15) is 6.61 Å².